The maximum atomic E-state index is 13.3. The Hall–Kier alpha value is -0.920. The molecule has 1 aliphatic carbocycles. The highest BCUT2D eigenvalue weighted by Crippen LogP contribution is 2.44. The second-order valence-corrected chi connectivity index (χ2v) is 3.70. The van der Waals surface area contributed by atoms with Crippen molar-refractivity contribution < 1.29 is 8.78 Å². The predicted molar refractivity (Wildman–Crippen MR) is 47.8 cm³/mol. The number of rotatable bonds is 3. The van der Waals surface area contributed by atoms with Crippen LogP contribution in [0.3, 0.4) is 0 Å². The van der Waals surface area contributed by atoms with Crippen LogP contribution in [0.15, 0.2) is 30.3 Å². The number of benzene rings is 1. The topological polar surface area (TPSA) is 0 Å². The van der Waals surface area contributed by atoms with Gasteiger partial charge in [-0.3, -0.25) is 0 Å². The van der Waals surface area contributed by atoms with Crippen LogP contribution >= 0.6 is 0 Å². The summed E-state index contributed by atoms with van der Waals surface area (Å²) in [6.45, 7) is 0. The van der Waals surface area contributed by atoms with Crippen molar-refractivity contribution in [2.75, 3.05) is 0 Å². The van der Waals surface area contributed by atoms with Crippen LogP contribution in [0.1, 0.15) is 18.4 Å². The molecule has 0 heterocycles. The molecule has 1 aromatic carbocycles. The summed E-state index contributed by atoms with van der Waals surface area (Å²) < 4.78 is 26.6. The van der Waals surface area contributed by atoms with E-state index in [0.717, 1.165) is 5.56 Å². The van der Waals surface area contributed by atoms with Gasteiger partial charge in [-0.2, -0.15) is 0 Å². The molecule has 0 aliphatic heterocycles. The molecular weight excluding hydrogens is 170 g/mol. The van der Waals surface area contributed by atoms with E-state index in [1.54, 1.807) is 24.3 Å². The number of hydrogen-bond donors (Lipinski definition) is 0. The maximum absolute atomic E-state index is 13.3. The molecule has 1 fully saturated rings. The Labute approximate surface area is 76.6 Å². The van der Waals surface area contributed by atoms with Gasteiger partial charge in [0, 0.05) is 12.3 Å². The molecule has 0 radical (unpaired) electrons. The molecule has 13 heavy (non-hydrogen) atoms. The lowest BCUT2D eigenvalue weighted by Gasteiger charge is -2.14. The molecular formula is C11H12F2. The monoisotopic (exact) mass is 182 g/mol. The minimum Gasteiger partial charge on any atom is -0.206 e. The third kappa shape index (κ3) is 2.06. The van der Waals surface area contributed by atoms with Gasteiger partial charge in [-0.05, 0) is 18.4 Å². The summed E-state index contributed by atoms with van der Waals surface area (Å²) in [5.41, 5.74) is 0.736. The summed E-state index contributed by atoms with van der Waals surface area (Å²) in [4.78, 5) is 0. The van der Waals surface area contributed by atoms with Gasteiger partial charge in [-0.15, -0.1) is 0 Å². The van der Waals surface area contributed by atoms with Crippen LogP contribution in [0.5, 0.6) is 0 Å². The molecule has 0 unspecified atom stereocenters. The Kier molecular flexibility index (Phi) is 2.06. The first kappa shape index (κ1) is 8.67. The molecule has 0 atom stereocenters. The van der Waals surface area contributed by atoms with E-state index in [1.807, 2.05) is 6.07 Å². The smallest absolute Gasteiger partial charge is 0.206 e. The quantitative estimate of drug-likeness (QED) is 0.673. The molecule has 0 saturated heterocycles. The van der Waals surface area contributed by atoms with Crippen LogP contribution in [0, 0.1) is 5.92 Å². The lowest BCUT2D eigenvalue weighted by Crippen LogP contribution is -2.22. The molecule has 1 aliphatic rings. The van der Waals surface area contributed by atoms with Crippen LogP contribution in [0.4, 0.5) is 8.78 Å². The van der Waals surface area contributed by atoms with E-state index in [-0.39, 0.29) is 12.3 Å². The van der Waals surface area contributed by atoms with Crippen LogP contribution in [-0.4, -0.2) is 5.92 Å². The summed E-state index contributed by atoms with van der Waals surface area (Å²) >= 11 is 0. The Morgan fingerprint density at radius 3 is 2.31 bits per heavy atom. The van der Waals surface area contributed by atoms with Gasteiger partial charge in [0.05, 0.1) is 0 Å². The van der Waals surface area contributed by atoms with Crippen LogP contribution < -0.4 is 0 Å². The molecule has 1 aromatic rings. The van der Waals surface area contributed by atoms with E-state index in [0.29, 0.717) is 12.8 Å². The van der Waals surface area contributed by atoms with E-state index in [9.17, 15) is 8.78 Å². The van der Waals surface area contributed by atoms with Crippen molar-refractivity contribution in [2.45, 2.75) is 25.2 Å². The SMILES string of the molecule is FC(F)(Cc1ccccc1)C1CC1. The standard InChI is InChI=1S/C11H12F2/c12-11(13,10-6-7-10)8-9-4-2-1-3-5-9/h1-5,10H,6-8H2. The van der Waals surface area contributed by atoms with E-state index in [1.165, 1.54) is 0 Å². The molecule has 0 bridgehead atoms. The van der Waals surface area contributed by atoms with E-state index < -0.39 is 5.92 Å². The lowest BCUT2D eigenvalue weighted by molar-refractivity contribution is -0.0217. The Bertz CT molecular complexity index is 275. The molecule has 70 valence electrons. The van der Waals surface area contributed by atoms with Gasteiger partial charge in [-0.25, -0.2) is 8.78 Å². The first-order valence-corrected chi connectivity index (χ1v) is 4.60. The van der Waals surface area contributed by atoms with Crippen molar-refractivity contribution in [1.82, 2.24) is 0 Å². The average molecular weight is 182 g/mol. The second-order valence-electron chi connectivity index (χ2n) is 3.70. The molecule has 0 amide bonds. The highest BCUT2D eigenvalue weighted by molar-refractivity contribution is 5.17. The van der Waals surface area contributed by atoms with E-state index in [4.69, 9.17) is 0 Å². The zero-order valence-corrected chi connectivity index (χ0v) is 7.34. The van der Waals surface area contributed by atoms with Crippen molar-refractivity contribution in [2.24, 2.45) is 5.92 Å². The highest BCUT2D eigenvalue weighted by Gasteiger charge is 2.46. The molecule has 1 saturated carbocycles. The Balaban J connectivity index is 2.04. The summed E-state index contributed by atoms with van der Waals surface area (Å²) in [5, 5.41) is 0. The van der Waals surface area contributed by atoms with Crippen molar-refractivity contribution in [3.63, 3.8) is 0 Å². The van der Waals surface area contributed by atoms with Gasteiger partial charge in [0.25, 0.3) is 5.92 Å². The summed E-state index contributed by atoms with van der Waals surface area (Å²) in [5.74, 6) is -2.84. The molecule has 0 spiro atoms. The first-order chi connectivity index (χ1) is 6.18. The molecule has 2 heteroatoms. The van der Waals surface area contributed by atoms with Gasteiger partial charge in [0.15, 0.2) is 0 Å². The Morgan fingerprint density at radius 2 is 1.77 bits per heavy atom. The number of halogens is 2. The summed E-state index contributed by atoms with van der Waals surface area (Å²) in [6.07, 6.45) is 1.29. The second kappa shape index (κ2) is 3.09. The third-order valence-corrected chi connectivity index (χ3v) is 2.46. The van der Waals surface area contributed by atoms with E-state index >= 15 is 0 Å². The van der Waals surface area contributed by atoms with E-state index in [2.05, 4.69) is 0 Å². The first-order valence-electron chi connectivity index (χ1n) is 4.60. The minimum atomic E-state index is -2.48. The molecule has 0 aromatic heterocycles. The largest absolute Gasteiger partial charge is 0.254 e. The highest BCUT2D eigenvalue weighted by atomic mass is 19.3. The van der Waals surface area contributed by atoms with Crippen LogP contribution in [0.2, 0.25) is 0 Å². The summed E-state index contributed by atoms with van der Waals surface area (Å²) in [6, 6.07) is 8.97. The van der Waals surface area contributed by atoms with Gasteiger partial charge in [0.1, 0.15) is 0 Å². The number of alkyl halides is 2. The van der Waals surface area contributed by atoms with Gasteiger partial charge >= 0.3 is 0 Å². The third-order valence-electron chi connectivity index (χ3n) is 2.46. The van der Waals surface area contributed by atoms with Crippen molar-refractivity contribution in [3.05, 3.63) is 35.9 Å². The zero-order chi connectivity index (χ0) is 9.31. The fourth-order valence-corrected chi connectivity index (χ4v) is 1.52. The van der Waals surface area contributed by atoms with Crippen molar-refractivity contribution in [3.8, 4) is 0 Å². The van der Waals surface area contributed by atoms with Gasteiger partial charge in [0.2, 0.25) is 0 Å². The predicted octanol–water partition coefficient (Wildman–Crippen LogP) is 3.27. The van der Waals surface area contributed by atoms with Gasteiger partial charge < -0.3 is 0 Å². The molecule has 2 rings (SSSR count). The number of hydrogen-bond acceptors (Lipinski definition) is 0. The normalized spacial score (nSPS) is 17.4. The minimum absolute atomic E-state index is 0.0987. The molecule has 0 N–H and O–H groups in total. The Morgan fingerprint density at radius 1 is 1.15 bits per heavy atom. The van der Waals surface area contributed by atoms with Gasteiger partial charge in [-0.1, -0.05) is 30.3 Å². The van der Waals surface area contributed by atoms with Crippen LogP contribution in [-0.2, 0) is 6.42 Å². The van der Waals surface area contributed by atoms with Crippen molar-refractivity contribution >= 4 is 0 Å². The zero-order valence-electron chi connectivity index (χ0n) is 7.34. The fourth-order valence-electron chi connectivity index (χ4n) is 1.52. The van der Waals surface area contributed by atoms with Crippen molar-refractivity contribution in [1.29, 1.82) is 0 Å². The van der Waals surface area contributed by atoms with Crippen LogP contribution in [0.25, 0.3) is 0 Å². The maximum Gasteiger partial charge on any atom is 0.254 e. The lowest BCUT2D eigenvalue weighted by atomic mass is 10.0. The fraction of sp³-hybridized carbons (Fsp3) is 0.455. The summed E-state index contributed by atoms with van der Waals surface area (Å²) in [7, 11) is 0. The molecule has 0 nitrogen and oxygen atoms in total. The average Bonchev–Trinajstić information content (AvgIpc) is 2.87.